The second kappa shape index (κ2) is 5.57. The summed E-state index contributed by atoms with van der Waals surface area (Å²) in [5, 5.41) is 0. The van der Waals surface area contributed by atoms with Crippen molar-refractivity contribution >= 4 is 28.6 Å². The average Bonchev–Trinajstić information content (AvgIpc) is 1.87. The second-order valence-electron chi connectivity index (χ2n) is 2.39. The van der Waals surface area contributed by atoms with Crippen LogP contribution in [0.1, 0.15) is 27.2 Å². The molecule has 0 spiro atoms. The van der Waals surface area contributed by atoms with Gasteiger partial charge in [0.25, 0.3) is 0 Å². The third-order valence-corrected chi connectivity index (χ3v) is 2.61. The Morgan fingerprint density at radius 1 is 1.45 bits per heavy atom. The Hall–Kier alpha value is -0.0600. The van der Waals surface area contributed by atoms with Gasteiger partial charge < -0.3 is 4.74 Å². The van der Waals surface area contributed by atoms with E-state index in [0.717, 1.165) is 3.58 Å². The highest BCUT2D eigenvalue weighted by Crippen LogP contribution is 2.16. The summed E-state index contributed by atoms with van der Waals surface area (Å²) in [6.07, 6.45) is 0.413. The van der Waals surface area contributed by atoms with Gasteiger partial charge in [-0.3, -0.25) is 4.79 Å². The van der Waals surface area contributed by atoms with E-state index in [4.69, 9.17) is 4.74 Å². The maximum absolute atomic E-state index is 10.9. The van der Waals surface area contributed by atoms with E-state index >= 15 is 0 Å². The van der Waals surface area contributed by atoms with Crippen LogP contribution >= 0.6 is 22.6 Å². The zero-order chi connectivity index (χ0) is 8.85. The highest BCUT2D eigenvalue weighted by Gasteiger charge is 2.04. The fraction of sp³-hybridized carbons (Fsp3) is 0.625. The molecule has 0 heterocycles. The van der Waals surface area contributed by atoms with E-state index < -0.39 is 0 Å². The molecule has 0 saturated carbocycles. The van der Waals surface area contributed by atoms with Gasteiger partial charge in [-0.05, 0) is 43.4 Å². The van der Waals surface area contributed by atoms with Gasteiger partial charge in [0.1, 0.15) is 0 Å². The largest absolute Gasteiger partial charge is 0.466 e. The van der Waals surface area contributed by atoms with Gasteiger partial charge in [0.15, 0.2) is 0 Å². The smallest absolute Gasteiger partial charge is 0.310 e. The Kier molecular flexibility index (Phi) is 5.54. The normalized spacial score (nSPS) is 9.09. The van der Waals surface area contributed by atoms with Crippen LogP contribution < -0.4 is 0 Å². The van der Waals surface area contributed by atoms with Crippen LogP contribution in [0.5, 0.6) is 0 Å². The molecule has 0 saturated heterocycles. The molecular formula is C8H13IO2. The van der Waals surface area contributed by atoms with Crippen molar-refractivity contribution in [1.82, 2.24) is 0 Å². The molecule has 0 aliphatic heterocycles. The number of carbonyl (C=O) groups is 1. The second-order valence-corrected chi connectivity index (χ2v) is 3.69. The third kappa shape index (κ3) is 5.24. The molecule has 0 amide bonds. The summed E-state index contributed by atoms with van der Waals surface area (Å²) in [5.74, 6) is -0.141. The van der Waals surface area contributed by atoms with Gasteiger partial charge in [-0.2, -0.15) is 0 Å². The summed E-state index contributed by atoms with van der Waals surface area (Å²) in [5.41, 5.74) is 1.18. The Morgan fingerprint density at radius 2 is 2.00 bits per heavy atom. The topological polar surface area (TPSA) is 26.3 Å². The first-order chi connectivity index (χ1) is 5.07. The first-order valence-corrected chi connectivity index (χ1v) is 4.63. The maximum atomic E-state index is 10.9. The van der Waals surface area contributed by atoms with Crippen LogP contribution in [0.3, 0.4) is 0 Å². The fourth-order valence-electron chi connectivity index (χ4n) is 0.516. The number of allylic oxidation sites excluding steroid dienone is 1. The molecule has 0 rings (SSSR count). The zero-order valence-electron chi connectivity index (χ0n) is 7.11. The van der Waals surface area contributed by atoms with Crippen molar-refractivity contribution in [2.45, 2.75) is 27.2 Å². The van der Waals surface area contributed by atoms with Crippen molar-refractivity contribution in [3.8, 4) is 0 Å². The van der Waals surface area contributed by atoms with E-state index in [1.165, 1.54) is 5.57 Å². The van der Waals surface area contributed by atoms with E-state index in [0.29, 0.717) is 13.0 Å². The lowest BCUT2D eigenvalue weighted by Crippen LogP contribution is -2.03. The van der Waals surface area contributed by atoms with Crippen molar-refractivity contribution in [3.63, 3.8) is 0 Å². The summed E-state index contributed by atoms with van der Waals surface area (Å²) in [4.78, 5) is 10.9. The molecule has 3 heteroatoms. The van der Waals surface area contributed by atoms with Gasteiger partial charge in [-0.1, -0.05) is 5.57 Å². The van der Waals surface area contributed by atoms with E-state index in [-0.39, 0.29) is 5.97 Å². The quantitative estimate of drug-likeness (QED) is 0.581. The molecule has 0 aromatic rings. The minimum atomic E-state index is -0.141. The number of ether oxygens (including phenoxy) is 1. The summed E-state index contributed by atoms with van der Waals surface area (Å²) >= 11 is 2.17. The van der Waals surface area contributed by atoms with Crippen LogP contribution in [-0.4, -0.2) is 12.6 Å². The zero-order valence-corrected chi connectivity index (χ0v) is 9.27. The fourth-order valence-corrected chi connectivity index (χ4v) is 0.827. The highest BCUT2D eigenvalue weighted by molar-refractivity contribution is 14.1. The van der Waals surface area contributed by atoms with E-state index in [2.05, 4.69) is 22.6 Å². The lowest BCUT2D eigenvalue weighted by molar-refractivity contribution is -0.142. The molecular weight excluding hydrogens is 255 g/mol. The van der Waals surface area contributed by atoms with E-state index in [9.17, 15) is 4.79 Å². The number of carbonyl (C=O) groups excluding carboxylic acids is 1. The predicted octanol–water partition coefficient (Wildman–Crippen LogP) is 2.67. The van der Waals surface area contributed by atoms with Crippen molar-refractivity contribution in [3.05, 3.63) is 9.15 Å². The van der Waals surface area contributed by atoms with E-state index in [1.807, 2.05) is 20.8 Å². The molecule has 0 fully saturated rings. The van der Waals surface area contributed by atoms with Crippen LogP contribution in [0.15, 0.2) is 9.15 Å². The van der Waals surface area contributed by atoms with Crippen molar-refractivity contribution in [2.24, 2.45) is 0 Å². The minimum Gasteiger partial charge on any atom is -0.466 e. The lowest BCUT2D eigenvalue weighted by atomic mass is 10.3. The van der Waals surface area contributed by atoms with Crippen LogP contribution in [0.25, 0.3) is 0 Å². The van der Waals surface area contributed by atoms with Crippen LogP contribution in [0, 0.1) is 0 Å². The Bertz CT molecular complexity index is 169. The first kappa shape index (κ1) is 10.9. The lowest BCUT2D eigenvalue weighted by Gasteiger charge is -2.01. The van der Waals surface area contributed by atoms with Gasteiger partial charge >= 0.3 is 5.97 Å². The van der Waals surface area contributed by atoms with Gasteiger partial charge in [-0.15, -0.1) is 0 Å². The van der Waals surface area contributed by atoms with Crippen molar-refractivity contribution in [2.75, 3.05) is 6.61 Å². The molecule has 11 heavy (non-hydrogen) atoms. The van der Waals surface area contributed by atoms with Gasteiger partial charge in [-0.25, -0.2) is 0 Å². The Morgan fingerprint density at radius 3 is 2.36 bits per heavy atom. The van der Waals surface area contributed by atoms with Crippen molar-refractivity contribution in [1.29, 1.82) is 0 Å². The average molecular weight is 268 g/mol. The standard InChI is InChI=1S/C8H13IO2/c1-4-11-8(10)5-7(9)6(2)3/h4-5H2,1-3H3. The molecule has 64 valence electrons. The molecule has 0 aromatic heterocycles. The number of hydrogen-bond acceptors (Lipinski definition) is 2. The molecule has 0 aliphatic carbocycles. The monoisotopic (exact) mass is 268 g/mol. The molecule has 2 nitrogen and oxygen atoms in total. The molecule has 0 unspecified atom stereocenters. The molecule has 0 radical (unpaired) electrons. The van der Waals surface area contributed by atoms with Gasteiger partial charge in [0, 0.05) is 3.58 Å². The molecule has 0 N–H and O–H groups in total. The van der Waals surface area contributed by atoms with Crippen LogP contribution in [-0.2, 0) is 9.53 Å². The summed E-state index contributed by atoms with van der Waals surface area (Å²) in [7, 11) is 0. The molecule has 0 aromatic carbocycles. The maximum Gasteiger partial charge on any atom is 0.310 e. The summed E-state index contributed by atoms with van der Waals surface area (Å²) < 4.78 is 5.86. The van der Waals surface area contributed by atoms with E-state index in [1.54, 1.807) is 0 Å². The summed E-state index contributed by atoms with van der Waals surface area (Å²) in [6, 6.07) is 0. The number of hydrogen-bond donors (Lipinski definition) is 0. The minimum absolute atomic E-state index is 0.141. The SMILES string of the molecule is CCOC(=O)CC(I)=C(C)C. The number of rotatable bonds is 3. The molecule has 0 aliphatic rings. The Labute approximate surface area is 81.1 Å². The number of esters is 1. The summed E-state index contributed by atoms with van der Waals surface area (Å²) in [6.45, 7) is 6.25. The van der Waals surface area contributed by atoms with Crippen LogP contribution in [0.2, 0.25) is 0 Å². The highest BCUT2D eigenvalue weighted by atomic mass is 127. The van der Waals surface area contributed by atoms with Crippen molar-refractivity contribution < 1.29 is 9.53 Å². The number of halogens is 1. The molecule has 0 atom stereocenters. The Balaban J connectivity index is 3.86. The first-order valence-electron chi connectivity index (χ1n) is 3.55. The van der Waals surface area contributed by atoms with Crippen LogP contribution in [0.4, 0.5) is 0 Å². The molecule has 0 bridgehead atoms. The third-order valence-electron chi connectivity index (χ3n) is 1.15. The predicted molar refractivity (Wildman–Crippen MR) is 53.6 cm³/mol. The van der Waals surface area contributed by atoms with Gasteiger partial charge in [0.05, 0.1) is 13.0 Å². The van der Waals surface area contributed by atoms with Gasteiger partial charge in [0.2, 0.25) is 0 Å².